The zero-order valence-electron chi connectivity index (χ0n) is 23.6. The standard InChI is InChI=1S/C32H34N6O3S/c1-2-16-36(32(41)33-18-24-12-7-4-8-13-24)37-21-29(39)38-27(17-23-10-5-3-6-11-23)31(40)35(20-28(37)38)19-25-14-9-15-26-30(25)42-22-34-26/h3-15,22,27-28H,2,16-21H2,1H3,(H,33,41)/t27-,28+/m0/s1. The molecular weight excluding hydrogens is 548 g/mol. The van der Waals surface area contributed by atoms with Crippen LogP contribution < -0.4 is 5.32 Å². The van der Waals surface area contributed by atoms with Crippen LogP contribution in [-0.2, 0) is 29.1 Å². The van der Waals surface area contributed by atoms with Gasteiger partial charge in [-0.15, -0.1) is 11.3 Å². The van der Waals surface area contributed by atoms with Gasteiger partial charge in [-0.2, -0.15) is 5.01 Å². The number of carbonyl (C=O) groups is 3. The van der Waals surface area contributed by atoms with Crippen LogP contribution in [0.5, 0.6) is 0 Å². The fourth-order valence-electron chi connectivity index (χ4n) is 5.93. The van der Waals surface area contributed by atoms with E-state index >= 15 is 0 Å². The topological polar surface area (TPSA) is 89.1 Å². The van der Waals surface area contributed by atoms with Gasteiger partial charge in [-0.05, 0) is 29.2 Å². The van der Waals surface area contributed by atoms with Crippen molar-refractivity contribution in [3.05, 3.63) is 101 Å². The second-order valence-electron chi connectivity index (χ2n) is 10.7. The highest BCUT2D eigenvalue weighted by molar-refractivity contribution is 7.16. The van der Waals surface area contributed by atoms with E-state index in [0.29, 0.717) is 32.6 Å². The summed E-state index contributed by atoms with van der Waals surface area (Å²) in [5.74, 6) is -0.224. The van der Waals surface area contributed by atoms with Gasteiger partial charge in [-0.1, -0.05) is 79.7 Å². The summed E-state index contributed by atoms with van der Waals surface area (Å²) in [5.41, 5.74) is 5.73. The SMILES string of the molecule is CCCN(C(=O)NCc1ccccc1)N1CC(=O)N2[C@@H](Cc3ccccc3)C(=O)N(Cc3cccc4ncsc34)C[C@@H]21. The molecule has 0 spiro atoms. The van der Waals surface area contributed by atoms with Crippen LogP contribution in [0.15, 0.2) is 84.4 Å². The summed E-state index contributed by atoms with van der Waals surface area (Å²) in [6.07, 6.45) is 0.670. The van der Waals surface area contributed by atoms with Crippen LogP contribution in [0.4, 0.5) is 4.79 Å². The molecule has 4 aromatic rings. The molecule has 2 saturated heterocycles. The lowest BCUT2D eigenvalue weighted by molar-refractivity contribution is -0.157. The average molecular weight is 583 g/mol. The van der Waals surface area contributed by atoms with Crippen molar-refractivity contribution in [3.8, 4) is 0 Å². The van der Waals surface area contributed by atoms with E-state index in [-0.39, 0.29) is 24.4 Å². The first-order valence-electron chi connectivity index (χ1n) is 14.3. The first-order chi connectivity index (χ1) is 20.5. The number of urea groups is 1. The number of benzene rings is 3. The highest BCUT2D eigenvalue weighted by atomic mass is 32.1. The Hall–Kier alpha value is -4.28. The number of nitrogens with zero attached hydrogens (tertiary/aromatic N) is 5. The average Bonchev–Trinajstić information content (AvgIpc) is 3.63. The fourth-order valence-corrected chi connectivity index (χ4v) is 6.72. The van der Waals surface area contributed by atoms with Crippen molar-refractivity contribution >= 4 is 39.4 Å². The van der Waals surface area contributed by atoms with Gasteiger partial charge in [0.2, 0.25) is 11.8 Å². The van der Waals surface area contributed by atoms with Crippen LogP contribution in [0.2, 0.25) is 0 Å². The lowest BCUT2D eigenvalue weighted by Gasteiger charge is -2.46. The van der Waals surface area contributed by atoms with Crippen molar-refractivity contribution < 1.29 is 14.4 Å². The van der Waals surface area contributed by atoms with Gasteiger partial charge >= 0.3 is 6.03 Å². The van der Waals surface area contributed by atoms with Gasteiger partial charge in [0.05, 0.1) is 28.8 Å². The number of amides is 4. The van der Waals surface area contributed by atoms with Gasteiger partial charge < -0.3 is 15.1 Å². The maximum atomic E-state index is 14.1. The third-order valence-corrected chi connectivity index (χ3v) is 8.82. The third kappa shape index (κ3) is 5.60. The van der Waals surface area contributed by atoms with Gasteiger partial charge in [-0.25, -0.2) is 9.78 Å². The van der Waals surface area contributed by atoms with Crippen molar-refractivity contribution in [1.29, 1.82) is 0 Å². The third-order valence-electron chi connectivity index (χ3n) is 7.90. The minimum Gasteiger partial charge on any atom is -0.333 e. The number of fused-ring (bicyclic) bond motifs is 2. The Morgan fingerprint density at radius 3 is 2.48 bits per heavy atom. The summed E-state index contributed by atoms with van der Waals surface area (Å²) in [7, 11) is 0. The summed E-state index contributed by atoms with van der Waals surface area (Å²) in [4.78, 5) is 49.3. The minimum atomic E-state index is -0.667. The van der Waals surface area contributed by atoms with Crippen molar-refractivity contribution in [2.24, 2.45) is 0 Å². The zero-order chi connectivity index (χ0) is 29.1. The first kappa shape index (κ1) is 27.9. The quantitative estimate of drug-likeness (QED) is 0.319. The molecule has 10 heteroatoms. The highest BCUT2D eigenvalue weighted by Gasteiger charge is 2.52. The molecule has 0 unspecified atom stereocenters. The maximum Gasteiger partial charge on any atom is 0.332 e. The summed E-state index contributed by atoms with van der Waals surface area (Å²) < 4.78 is 1.06. The molecule has 3 aromatic carbocycles. The second kappa shape index (κ2) is 12.3. The van der Waals surface area contributed by atoms with Crippen molar-refractivity contribution in [2.75, 3.05) is 19.6 Å². The molecule has 6 rings (SSSR count). The Bertz CT molecular complexity index is 1560. The maximum absolute atomic E-state index is 14.1. The predicted molar refractivity (Wildman–Crippen MR) is 162 cm³/mol. The van der Waals surface area contributed by atoms with Crippen molar-refractivity contribution in [1.82, 2.24) is 30.1 Å². The largest absolute Gasteiger partial charge is 0.333 e. The van der Waals surface area contributed by atoms with Crippen LogP contribution in [0, 0.1) is 0 Å². The number of hydrogen-bond acceptors (Lipinski definition) is 6. The Morgan fingerprint density at radius 1 is 1.00 bits per heavy atom. The van der Waals surface area contributed by atoms with Gasteiger partial charge in [0.1, 0.15) is 12.2 Å². The molecule has 2 aliphatic rings. The number of nitrogens with one attached hydrogen (secondary N) is 1. The Morgan fingerprint density at radius 2 is 1.74 bits per heavy atom. The summed E-state index contributed by atoms with van der Waals surface area (Å²) in [5, 5.41) is 6.54. The number of hydrogen-bond donors (Lipinski definition) is 1. The van der Waals surface area contributed by atoms with Gasteiger partial charge in [0.15, 0.2) is 0 Å². The summed E-state index contributed by atoms with van der Waals surface area (Å²) in [6, 6.07) is 24.6. The second-order valence-corrected chi connectivity index (χ2v) is 11.5. The van der Waals surface area contributed by atoms with E-state index in [4.69, 9.17) is 0 Å². The molecule has 0 saturated carbocycles. The van der Waals surface area contributed by atoms with E-state index in [1.165, 1.54) is 0 Å². The number of thiazole rings is 1. The molecule has 1 aromatic heterocycles. The Kier molecular flexibility index (Phi) is 8.16. The lowest BCUT2D eigenvalue weighted by Crippen LogP contribution is -2.66. The van der Waals surface area contributed by atoms with E-state index in [1.54, 1.807) is 21.2 Å². The zero-order valence-corrected chi connectivity index (χ0v) is 24.4. The minimum absolute atomic E-state index is 0.0419. The fraction of sp³-hybridized carbons (Fsp3) is 0.312. The molecule has 42 heavy (non-hydrogen) atoms. The Labute approximate surface area is 249 Å². The molecule has 0 aliphatic carbocycles. The van der Waals surface area contributed by atoms with Gasteiger partial charge in [-0.3, -0.25) is 14.6 Å². The smallest absolute Gasteiger partial charge is 0.332 e. The molecule has 2 fully saturated rings. The summed E-state index contributed by atoms with van der Waals surface area (Å²) in [6.45, 7) is 3.60. The molecule has 4 amide bonds. The first-order valence-corrected chi connectivity index (χ1v) is 15.2. The van der Waals surface area contributed by atoms with E-state index in [0.717, 1.165) is 33.3 Å². The molecule has 2 aliphatic heterocycles. The number of piperazine rings is 1. The van der Waals surface area contributed by atoms with E-state index in [9.17, 15) is 14.4 Å². The number of rotatable bonds is 9. The van der Waals surface area contributed by atoms with E-state index in [1.807, 2.05) is 101 Å². The van der Waals surface area contributed by atoms with Crippen molar-refractivity contribution in [3.63, 3.8) is 0 Å². The molecule has 216 valence electrons. The lowest BCUT2D eigenvalue weighted by atomic mass is 10.00. The van der Waals surface area contributed by atoms with Crippen molar-refractivity contribution in [2.45, 2.75) is 45.1 Å². The number of aromatic nitrogens is 1. The number of carbonyl (C=O) groups excluding carboxylic acids is 3. The molecular formula is C32H34N6O3S. The van der Waals surface area contributed by atoms with Crippen LogP contribution in [0.25, 0.3) is 10.2 Å². The van der Waals surface area contributed by atoms with Crippen LogP contribution >= 0.6 is 11.3 Å². The molecule has 2 atom stereocenters. The molecule has 0 bridgehead atoms. The molecule has 0 radical (unpaired) electrons. The molecule has 9 nitrogen and oxygen atoms in total. The van der Waals surface area contributed by atoms with Gasteiger partial charge in [0, 0.05) is 26.1 Å². The Balaban J connectivity index is 1.30. The van der Waals surface area contributed by atoms with Crippen LogP contribution in [-0.4, -0.2) is 74.5 Å². The molecule has 1 N–H and O–H groups in total. The van der Waals surface area contributed by atoms with E-state index < -0.39 is 12.2 Å². The monoisotopic (exact) mass is 582 g/mol. The summed E-state index contributed by atoms with van der Waals surface area (Å²) >= 11 is 1.56. The van der Waals surface area contributed by atoms with Crippen LogP contribution in [0.1, 0.15) is 30.0 Å². The molecule has 3 heterocycles. The van der Waals surface area contributed by atoms with E-state index in [2.05, 4.69) is 10.3 Å². The normalized spacial score (nSPS) is 18.9. The van der Waals surface area contributed by atoms with Gasteiger partial charge in [0.25, 0.3) is 0 Å². The highest BCUT2D eigenvalue weighted by Crippen LogP contribution is 2.32. The number of hydrazine groups is 1. The predicted octanol–water partition coefficient (Wildman–Crippen LogP) is 4.26. The van der Waals surface area contributed by atoms with Crippen LogP contribution in [0.3, 0.4) is 0 Å².